The summed E-state index contributed by atoms with van der Waals surface area (Å²) in [5.74, 6) is -0.104. The van der Waals surface area contributed by atoms with Crippen molar-refractivity contribution < 1.29 is 4.39 Å². The first kappa shape index (κ1) is 8.89. The Hall–Kier alpha value is -1.38. The molecule has 1 aliphatic rings. The van der Waals surface area contributed by atoms with Gasteiger partial charge in [-0.2, -0.15) is 5.10 Å². The van der Waals surface area contributed by atoms with Crippen molar-refractivity contribution in [2.24, 2.45) is 0 Å². The van der Waals surface area contributed by atoms with E-state index in [4.69, 9.17) is 0 Å². The lowest BCUT2D eigenvalue weighted by molar-refractivity contribution is 0.607. The highest BCUT2D eigenvalue weighted by Gasteiger charge is 2.27. The molecule has 3 rings (SSSR count). The molecule has 1 saturated carbocycles. The van der Waals surface area contributed by atoms with Crippen molar-refractivity contribution in [2.45, 2.75) is 32.2 Å². The number of hydrogen-bond donors (Lipinski definition) is 0. The molecule has 2 nitrogen and oxygen atoms in total. The Bertz CT molecular complexity index is 512. The molecule has 0 radical (unpaired) electrons. The predicted octanol–water partition coefficient (Wildman–Crippen LogP) is 3.07. The van der Waals surface area contributed by atoms with Gasteiger partial charge in [0.2, 0.25) is 0 Å². The maximum Gasteiger partial charge on any atom is 0.128 e. The van der Waals surface area contributed by atoms with E-state index < -0.39 is 0 Å². The van der Waals surface area contributed by atoms with Crippen molar-refractivity contribution in [3.63, 3.8) is 0 Å². The van der Waals surface area contributed by atoms with Crippen molar-refractivity contribution >= 4 is 10.9 Å². The van der Waals surface area contributed by atoms with E-state index in [1.165, 1.54) is 12.8 Å². The molecule has 0 N–H and O–H groups in total. The number of nitrogens with zero attached hydrogens (tertiary/aromatic N) is 2. The Morgan fingerprint density at radius 1 is 1.47 bits per heavy atom. The second kappa shape index (κ2) is 3.05. The monoisotopic (exact) mass is 204 g/mol. The van der Waals surface area contributed by atoms with Crippen LogP contribution in [0.2, 0.25) is 0 Å². The number of aromatic nitrogens is 2. The first-order valence-corrected chi connectivity index (χ1v) is 5.46. The second-order valence-electron chi connectivity index (χ2n) is 4.14. The van der Waals surface area contributed by atoms with Crippen molar-refractivity contribution in [3.8, 4) is 0 Å². The summed E-state index contributed by atoms with van der Waals surface area (Å²) in [6, 6.07) is 3.87. The Labute approximate surface area is 87.7 Å². The fraction of sp³-hybridized carbons (Fsp3) is 0.417. The third-order valence-electron chi connectivity index (χ3n) is 3.05. The van der Waals surface area contributed by atoms with Crippen LogP contribution in [0.5, 0.6) is 0 Å². The molecule has 78 valence electrons. The minimum atomic E-state index is -0.104. The molecule has 0 unspecified atom stereocenters. The highest BCUT2D eigenvalue weighted by Crippen LogP contribution is 2.37. The van der Waals surface area contributed by atoms with Gasteiger partial charge in [-0.25, -0.2) is 4.39 Å². The van der Waals surface area contributed by atoms with Gasteiger partial charge in [0, 0.05) is 10.9 Å². The van der Waals surface area contributed by atoms with Crippen LogP contribution >= 0.6 is 0 Å². The molecule has 0 saturated heterocycles. The van der Waals surface area contributed by atoms with Crippen LogP contribution in [0.3, 0.4) is 0 Å². The summed E-state index contributed by atoms with van der Waals surface area (Å²) in [5, 5.41) is 5.41. The van der Waals surface area contributed by atoms with Crippen LogP contribution in [-0.4, -0.2) is 9.78 Å². The van der Waals surface area contributed by atoms with E-state index in [9.17, 15) is 4.39 Å². The summed E-state index contributed by atoms with van der Waals surface area (Å²) in [6.07, 6.45) is 4.92. The molecule has 1 aliphatic carbocycles. The Morgan fingerprint density at radius 3 is 2.93 bits per heavy atom. The number of aryl methyl sites for hydroxylation is 1. The van der Waals surface area contributed by atoms with E-state index in [2.05, 4.69) is 5.10 Å². The third-order valence-corrected chi connectivity index (χ3v) is 3.05. The molecule has 0 amide bonds. The summed E-state index contributed by atoms with van der Waals surface area (Å²) in [5.41, 5.74) is 1.80. The van der Waals surface area contributed by atoms with Crippen LogP contribution in [0.15, 0.2) is 18.3 Å². The lowest BCUT2D eigenvalue weighted by Crippen LogP contribution is -2.00. The molecule has 1 aromatic heterocycles. The molecule has 0 bridgehead atoms. The lowest BCUT2D eigenvalue weighted by Gasteiger charge is -2.06. The van der Waals surface area contributed by atoms with Gasteiger partial charge in [-0.3, -0.25) is 4.68 Å². The highest BCUT2D eigenvalue weighted by atomic mass is 19.1. The molecule has 0 aliphatic heterocycles. The van der Waals surface area contributed by atoms with Crippen LogP contribution < -0.4 is 0 Å². The van der Waals surface area contributed by atoms with Gasteiger partial charge in [-0.1, -0.05) is 6.92 Å². The van der Waals surface area contributed by atoms with Gasteiger partial charge in [-0.05, 0) is 31.4 Å². The average Bonchev–Trinajstić information content (AvgIpc) is 2.99. The van der Waals surface area contributed by atoms with Crippen molar-refractivity contribution in [2.75, 3.05) is 0 Å². The zero-order chi connectivity index (χ0) is 10.4. The van der Waals surface area contributed by atoms with Gasteiger partial charge in [0.05, 0.1) is 17.8 Å². The minimum absolute atomic E-state index is 0.104. The molecule has 15 heavy (non-hydrogen) atoms. The number of rotatable bonds is 2. The quantitative estimate of drug-likeness (QED) is 0.735. The molecule has 0 atom stereocenters. The molecule has 2 aromatic rings. The molecule has 3 heteroatoms. The van der Waals surface area contributed by atoms with Crippen LogP contribution in [0.1, 0.15) is 31.4 Å². The smallest absolute Gasteiger partial charge is 0.128 e. The lowest BCUT2D eigenvalue weighted by atomic mass is 10.1. The van der Waals surface area contributed by atoms with Crippen LogP contribution in [0, 0.1) is 5.82 Å². The summed E-state index contributed by atoms with van der Waals surface area (Å²) >= 11 is 0. The molecule has 1 fully saturated rings. The van der Waals surface area contributed by atoms with E-state index in [-0.39, 0.29) is 5.82 Å². The fourth-order valence-corrected chi connectivity index (χ4v) is 2.12. The Morgan fingerprint density at radius 2 is 2.27 bits per heavy atom. The number of benzene rings is 1. The van der Waals surface area contributed by atoms with E-state index in [1.807, 2.05) is 23.9 Å². The Kier molecular flexibility index (Phi) is 1.81. The maximum absolute atomic E-state index is 13.6. The highest BCUT2D eigenvalue weighted by molar-refractivity contribution is 5.82. The molecule has 1 aromatic carbocycles. The van der Waals surface area contributed by atoms with Crippen LogP contribution in [0.25, 0.3) is 10.9 Å². The molecular weight excluding hydrogens is 191 g/mol. The zero-order valence-electron chi connectivity index (χ0n) is 8.70. The van der Waals surface area contributed by atoms with Crippen LogP contribution in [0.4, 0.5) is 4.39 Å². The summed E-state index contributed by atoms with van der Waals surface area (Å²) < 4.78 is 15.6. The van der Waals surface area contributed by atoms with Gasteiger partial charge >= 0.3 is 0 Å². The number of hydrogen-bond acceptors (Lipinski definition) is 1. The normalized spacial score (nSPS) is 16.1. The van der Waals surface area contributed by atoms with E-state index in [0.717, 1.165) is 22.9 Å². The van der Waals surface area contributed by atoms with Gasteiger partial charge in [0.25, 0.3) is 0 Å². The van der Waals surface area contributed by atoms with E-state index in [1.54, 1.807) is 6.07 Å². The predicted molar refractivity (Wildman–Crippen MR) is 57.3 cm³/mol. The molecular formula is C12H13FN2. The fourth-order valence-electron chi connectivity index (χ4n) is 2.12. The Balaban J connectivity index is 2.33. The zero-order valence-corrected chi connectivity index (χ0v) is 8.70. The maximum atomic E-state index is 13.6. The summed E-state index contributed by atoms with van der Waals surface area (Å²) in [4.78, 5) is 0. The van der Waals surface area contributed by atoms with E-state index in [0.29, 0.717) is 6.04 Å². The minimum Gasteiger partial charge on any atom is -0.261 e. The van der Waals surface area contributed by atoms with Gasteiger partial charge < -0.3 is 0 Å². The standard InChI is InChI=1S/C12H13FN2/c1-2-10-11(13)6-3-8-7-14-15(12(8)10)9-4-5-9/h3,6-7,9H,2,4-5H2,1H3. The topological polar surface area (TPSA) is 17.8 Å². The third kappa shape index (κ3) is 1.26. The number of fused-ring (bicyclic) bond motifs is 1. The van der Waals surface area contributed by atoms with Crippen molar-refractivity contribution in [3.05, 3.63) is 29.7 Å². The van der Waals surface area contributed by atoms with Gasteiger partial charge in [-0.15, -0.1) is 0 Å². The molecule has 0 spiro atoms. The second-order valence-corrected chi connectivity index (χ2v) is 4.14. The summed E-state index contributed by atoms with van der Waals surface area (Å²) in [7, 11) is 0. The van der Waals surface area contributed by atoms with Crippen LogP contribution in [-0.2, 0) is 6.42 Å². The van der Waals surface area contributed by atoms with Gasteiger partial charge in [0.1, 0.15) is 5.82 Å². The summed E-state index contributed by atoms with van der Waals surface area (Å²) in [6.45, 7) is 1.99. The van der Waals surface area contributed by atoms with Crippen molar-refractivity contribution in [1.29, 1.82) is 0 Å². The first-order valence-electron chi connectivity index (χ1n) is 5.46. The average molecular weight is 204 g/mol. The molecule has 1 heterocycles. The van der Waals surface area contributed by atoms with Crippen molar-refractivity contribution in [1.82, 2.24) is 9.78 Å². The van der Waals surface area contributed by atoms with E-state index >= 15 is 0 Å². The van der Waals surface area contributed by atoms with Gasteiger partial charge in [0.15, 0.2) is 0 Å². The largest absolute Gasteiger partial charge is 0.261 e. The SMILES string of the molecule is CCc1c(F)ccc2cnn(C3CC3)c12. The first-order chi connectivity index (χ1) is 7.31. The number of halogens is 1.